The number of thiocarbonyl (C=S) groups is 1. The molecule has 0 radical (unpaired) electrons. The average Bonchev–Trinajstić information content (AvgIpc) is 3.25. The van der Waals surface area contributed by atoms with Crippen molar-refractivity contribution in [1.29, 1.82) is 0 Å². The molecule has 0 bridgehead atoms. The molecule has 1 aromatic carbocycles. The molecule has 166 valence electrons. The Balaban J connectivity index is 1.80. The molecule has 0 aliphatic carbocycles. The van der Waals surface area contributed by atoms with E-state index in [0.717, 1.165) is 28.3 Å². The Morgan fingerprint density at radius 3 is 2.62 bits per heavy atom. The first-order valence-corrected chi connectivity index (χ1v) is 10.9. The third-order valence-corrected chi connectivity index (χ3v) is 6.03. The first-order chi connectivity index (χ1) is 15.4. The van der Waals surface area contributed by atoms with E-state index in [4.69, 9.17) is 17.0 Å². The van der Waals surface area contributed by atoms with Gasteiger partial charge in [0.25, 0.3) is 0 Å². The number of hydrogen-bond donors (Lipinski definition) is 1. The zero-order valence-electron chi connectivity index (χ0n) is 18.2. The number of nitrogens with one attached hydrogen (secondary N) is 1. The van der Waals surface area contributed by atoms with Crippen LogP contribution in [0.25, 0.3) is 5.69 Å². The Morgan fingerprint density at radius 1 is 1.22 bits per heavy atom. The van der Waals surface area contributed by atoms with Crippen LogP contribution >= 0.6 is 12.2 Å². The molecule has 8 heteroatoms. The van der Waals surface area contributed by atoms with Crippen LogP contribution < -0.4 is 5.32 Å². The van der Waals surface area contributed by atoms with Gasteiger partial charge in [0, 0.05) is 23.3 Å². The molecular formula is C24H25FN4O2S. The van der Waals surface area contributed by atoms with Crippen LogP contribution in [0.3, 0.4) is 0 Å². The molecule has 1 saturated heterocycles. The Hall–Kier alpha value is -3.26. The van der Waals surface area contributed by atoms with Crippen LogP contribution in [0.4, 0.5) is 4.39 Å². The summed E-state index contributed by atoms with van der Waals surface area (Å²) in [5.41, 5.74) is 4.70. The Labute approximate surface area is 192 Å². The van der Waals surface area contributed by atoms with Crippen molar-refractivity contribution in [1.82, 2.24) is 19.8 Å². The summed E-state index contributed by atoms with van der Waals surface area (Å²) in [6.07, 6.45) is 1.74. The number of aromatic nitrogens is 2. The molecule has 1 N–H and O–H groups in total. The van der Waals surface area contributed by atoms with E-state index >= 15 is 0 Å². The zero-order chi connectivity index (χ0) is 22.8. The zero-order valence-corrected chi connectivity index (χ0v) is 19.0. The largest absolute Gasteiger partial charge is 0.465 e. The minimum atomic E-state index is -0.337. The van der Waals surface area contributed by atoms with Crippen LogP contribution in [0.15, 0.2) is 54.7 Å². The molecule has 1 fully saturated rings. The number of rotatable bonds is 6. The highest BCUT2D eigenvalue weighted by Gasteiger charge is 2.42. The molecule has 3 aromatic rings. The Kier molecular flexibility index (Phi) is 6.23. The topological polar surface area (TPSA) is 59.4 Å². The minimum Gasteiger partial charge on any atom is -0.465 e. The van der Waals surface area contributed by atoms with Gasteiger partial charge in [-0.2, -0.15) is 0 Å². The summed E-state index contributed by atoms with van der Waals surface area (Å²) in [5.74, 6) is -0.617. The molecule has 0 spiro atoms. The van der Waals surface area contributed by atoms with E-state index in [1.54, 1.807) is 25.3 Å². The summed E-state index contributed by atoms with van der Waals surface area (Å²) in [6.45, 7) is 6.15. The molecule has 32 heavy (non-hydrogen) atoms. The van der Waals surface area contributed by atoms with Crippen LogP contribution in [-0.2, 0) is 9.53 Å². The maximum atomic E-state index is 13.5. The summed E-state index contributed by atoms with van der Waals surface area (Å²) < 4.78 is 20.8. The predicted molar refractivity (Wildman–Crippen MR) is 124 cm³/mol. The normalized spacial score (nSPS) is 18.0. The Bertz CT molecular complexity index is 1130. The number of benzene rings is 1. The molecule has 0 unspecified atom stereocenters. The van der Waals surface area contributed by atoms with Gasteiger partial charge in [-0.3, -0.25) is 9.78 Å². The second kappa shape index (κ2) is 9.08. The van der Waals surface area contributed by atoms with Crippen LogP contribution in [0.1, 0.15) is 41.7 Å². The van der Waals surface area contributed by atoms with Gasteiger partial charge in [-0.15, -0.1) is 0 Å². The maximum absolute atomic E-state index is 13.5. The molecule has 1 aliphatic heterocycles. The highest BCUT2D eigenvalue weighted by molar-refractivity contribution is 7.80. The van der Waals surface area contributed by atoms with Crippen LogP contribution in [0.5, 0.6) is 0 Å². The molecule has 1 aliphatic rings. The summed E-state index contributed by atoms with van der Waals surface area (Å²) >= 11 is 5.62. The quantitative estimate of drug-likeness (QED) is 0.448. The van der Waals surface area contributed by atoms with Crippen molar-refractivity contribution in [3.63, 3.8) is 0 Å². The molecule has 2 atom stereocenters. The van der Waals surface area contributed by atoms with Crippen molar-refractivity contribution < 1.29 is 13.9 Å². The van der Waals surface area contributed by atoms with Crippen molar-refractivity contribution in [3.05, 3.63) is 83.2 Å². The number of halogens is 1. The van der Waals surface area contributed by atoms with Crippen molar-refractivity contribution >= 4 is 23.3 Å². The van der Waals surface area contributed by atoms with Gasteiger partial charge in [0.1, 0.15) is 12.4 Å². The van der Waals surface area contributed by atoms with E-state index in [2.05, 4.69) is 20.9 Å². The van der Waals surface area contributed by atoms with E-state index in [-0.39, 0.29) is 30.4 Å². The van der Waals surface area contributed by atoms with Gasteiger partial charge in [-0.1, -0.05) is 6.07 Å². The SMILES string of the molecule is CCOC(=O)CN1C(=S)N[C@@H](c2ccccn2)[C@H]1c1cc(C)n(-c2ccc(F)cc2)c1C. The number of carbonyl (C=O) groups excluding carboxylic acids is 1. The fourth-order valence-electron chi connectivity index (χ4n) is 4.33. The number of hydrogen-bond acceptors (Lipinski definition) is 4. The molecule has 2 aromatic heterocycles. The van der Waals surface area contributed by atoms with E-state index in [9.17, 15) is 9.18 Å². The van der Waals surface area contributed by atoms with Crippen molar-refractivity contribution in [2.75, 3.05) is 13.2 Å². The van der Waals surface area contributed by atoms with Crippen LogP contribution in [0, 0.1) is 19.7 Å². The molecule has 4 rings (SSSR count). The van der Waals surface area contributed by atoms with E-state index in [0.29, 0.717) is 11.7 Å². The maximum Gasteiger partial charge on any atom is 0.325 e. The standard InChI is InChI=1S/C24H25FN4O2S/c1-4-31-21(30)14-28-23(22(27-24(28)32)20-7-5-6-12-26-20)19-13-15(2)29(16(19)3)18-10-8-17(25)9-11-18/h5-13,22-23H,4,14H2,1-3H3,(H,27,32)/t22-,23+/m0/s1. The first kappa shape index (κ1) is 22.0. The van der Waals surface area contributed by atoms with E-state index in [1.165, 1.54) is 12.1 Å². The average molecular weight is 453 g/mol. The molecular weight excluding hydrogens is 427 g/mol. The highest BCUT2D eigenvalue weighted by atomic mass is 32.1. The number of pyridine rings is 1. The van der Waals surface area contributed by atoms with Crippen molar-refractivity contribution in [2.45, 2.75) is 32.9 Å². The summed E-state index contributed by atoms with van der Waals surface area (Å²) in [4.78, 5) is 18.8. The fraction of sp³-hybridized carbons (Fsp3) is 0.292. The number of carbonyl (C=O) groups is 1. The monoisotopic (exact) mass is 452 g/mol. The summed E-state index contributed by atoms with van der Waals surface area (Å²) in [6, 6.07) is 13.7. The summed E-state index contributed by atoms with van der Waals surface area (Å²) in [5, 5.41) is 3.82. The second-order valence-corrected chi connectivity index (χ2v) is 8.08. The van der Waals surface area contributed by atoms with Gasteiger partial charge in [-0.25, -0.2) is 4.39 Å². The molecule has 3 heterocycles. The number of ether oxygens (including phenoxy) is 1. The van der Waals surface area contributed by atoms with Crippen LogP contribution in [-0.4, -0.2) is 38.7 Å². The number of nitrogens with zero attached hydrogens (tertiary/aromatic N) is 3. The van der Waals surface area contributed by atoms with Crippen LogP contribution in [0.2, 0.25) is 0 Å². The molecule has 6 nitrogen and oxygen atoms in total. The fourth-order valence-corrected chi connectivity index (χ4v) is 4.64. The van der Waals surface area contributed by atoms with E-state index in [1.807, 2.05) is 36.9 Å². The van der Waals surface area contributed by atoms with Gasteiger partial charge >= 0.3 is 5.97 Å². The van der Waals surface area contributed by atoms with Gasteiger partial charge < -0.3 is 19.5 Å². The second-order valence-electron chi connectivity index (χ2n) is 7.70. The van der Waals surface area contributed by atoms with Gasteiger partial charge in [-0.05, 0) is 81.0 Å². The highest BCUT2D eigenvalue weighted by Crippen LogP contribution is 2.41. The Morgan fingerprint density at radius 2 is 1.97 bits per heavy atom. The van der Waals surface area contributed by atoms with E-state index < -0.39 is 0 Å². The molecule has 0 amide bonds. The third kappa shape index (κ3) is 4.10. The smallest absolute Gasteiger partial charge is 0.325 e. The van der Waals surface area contributed by atoms with Gasteiger partial charge in [0.05, 0.1) is 24.4 Å². The lowest BCUT2D eigenvalue weighted by atomic mass is 9.97. The predicted octanol–water partition coefficient (Wildman–Crippen LogP) is 4.16. The lowest BCUT2D eigenvalue weighted by Crippen LogP contribution is -2.35. The van der Waals surface area contributed by atoms with Gasteiger partial charge in [0.2, 0.25) is 0 Å². The van der Waals surface area contributed by atoms with Crippen molar-refractivity contribution in [3.8, 4) is 5.69 Å². The summed E-state index contributed by atoms with van der Waals surface area (Å²) in [7, 11) is 0. The molecule has 0 saturated carbocycles. The van der Waals surface area contributed by atoms with Gasteiger partial charge in [0.15, 0.2) is 5.11 Å². The third-order valence-electron chi connectivity index (χ3n) is 5.68. The lowest BCUT2D eigenvalue weighted by Gasteiger charge is -2.27. The minimum absolute atomic E-state index is 0.0356. The van der Waals surface area contributed by atoms with Crippen molar-refractivity contribution in [2.24, 2.45) is 0 Å². The lowest BCUT2D eigenvalue weighted by molar-refractivity contribution is -0.143. The number of aryl methyl sites for hydroxylation is 1. The first-order valence-electron chi connectivity index (χ1n) is 10.5. The number of esters is 1.